The van der Waals surface area contributed by atoms with Crippen LogP contribution in [0.25, 0.3) is 5.69 Å². The van der Waals surface area contributed by atoms with E-state index in [0.29, 0.717) is 22.2 Å². The molecule has 1 atom stereocenters. The van der Waals surface area contributed by atoms with Gasteiger partial charge in [-0.3, -0.25) is 9.59 Å². The zero-order valence-corrected chi connectivity index (χ0v) is 16.1. The van der Waals surface area contributed by atoms with E-state index in [4.69, 9.17) is 11.6 Å². The molecule has 1 saturated heterocycles. The van der Waals surface area contributed by atoms with E-state index in [0.717, 1.165) is 0 Å². The Morgan fingerprint density at radius 2 is 1.93 bits per heavy atom. The maximum atomic E-state index is 14.2. The highest BCUT2D eigenvalue weighted by atomic mass is 35.5. The van der Waals surface area contributed by atoms with Crippen LogP contribution in [0.2, 0.25) is 5.02 Å². The summed E-state index contributed by atoms with van der Waals surface area (Å²) in [6.45, 7) is 1.91. The predicted molar refractivity (Wildman–Crippen MR) is 104 cm³/mol. The maximum absolute atomic E-state index is 14.2. The molecule has 1 aromatic heterocycles. The Hall–Kier alpha value is -3.33. The van der Waals surface area contributed by atoms with Crippen molar-refractivity contribution in [2.75, 3.05) is 16.8 Å². The largest absolute Gasteiger partial charge is 0.323 e. The van der Waals surface area contributed by atoms with Crippen LogP contribution in [-0.4, -0.2) is 38.6 Å². The van der Waals surface area contributed by atoms with Crippen LogP contribution in [0, 0.1) is 18.7 Å². The number of carbonyl (C=O) groups is 2. The van der Waals surface area contributed by atoms with Crippen LogP contribution < -0.4 is 10.2 Å². The Balaban J connectivity index is 1.50. The van der Waals surface area contributed by atoms with Gasteiger partial charge in [-0.15, -0.1) is 5.10 Å². The molecule has 8 nitrogen and oxygen atoms in total. The van der Waals surface area contributed by atoms with Crippen molar-refractivity contribution >= 4 is 34.8 Å². The first kappa shape index (κ1) is 19.0. The molecule has 148 valence electrons. The lowest BCUT2D eigenvalue weighted by Gasteiger charge is -2.17. The third kappa shape index (κ3) is 3.81. The molecule has 0 spiro atoms. The summed E-state index contributed by atoms with van der Waals surface area (Å²) in [7, 11) is 0. The van der Waals surface area contributed by atoms with Crippen molar-refractivity contribution in [3.63, 3.8) is 0 Å². The number of hydrogen-bond acceptors (Lipinski definition) is 5. The number of benzene rings is 2. The Kier molecular flexibility index (Phi) is 4.98. The molecule has 10 heteroatoms. The molecule has 29 heavy (non-hydrogen) atoms. The SMILES string of the molecule is Cc1nnnn1-c1ccc(F)c(NC(=O)C2CC(=O)N(c3ccc(Cl)cc3)C2)c1. The monoisotopic (exact) mass is 414 g/mol. The molecule has 2 amide bonds. The fraction of sp³-hybridized carbons (Fsp3) is 0.211. The molecular weight excluding hydrogens is 399 g/mol. The predicted octanol–water partition coefficient (Wildman–Crippen LogP) is 2.75. The molecule has 1 fully saturated rings. The average molecular weight is 415 g/mol. The van der Waals surface area contributed by atoms with Crippen LogP contribution in [0.15, 0.2) is 42.5 Å². The minimum absolute atomic E-state index is 0.000193. The Labute approximate surface area is 170 Å². The highest BCUT2D eigenvalue weighted by Crippen LogP contribution is 2.28. The van der Waals surface area contributed by atoms with E-state index in [2.05, 4.69) is 20.8 Å². The number of anilines is 2. The van der Waals surface area contributed by atoms with Crippen LogP contribution in [0.5, 0.6) is 0 Å². The van der Waals surface area contributed by atoms with E-state index < -0.39 is 17.6 Å². The standard InChI is InChI=1S/C19H16ClFN6O2/c1-11-23-24-25-27(11)15-6-7-16(21)17(9-15)22-19(29)12-8-18(28)26(10-12)14-4-2-13(20)3-5-14/h2-7,9,12H,8,10H2,1H3,(H,22,29). The van der Waals surface area contributed by atoms with E-state index in [1.54, 1.807) is 31.2 Å². The van der Waals surface area contributed by atoms with E-state index in [9.17, 15) is 14.0 Å². The molecule has 1 unspecified atom stereocenters. The molecular formula is C19H16ClFN6O2. The van der Waals surface area contributed by atoms with Crippen molar-refractivity contribution in [3.05, 3.63) is 59.1 Å². The molecule has 0 saturated carbocycles. The first-order valence-corrected chi connectivity index (χ1v) is 9.22. The minimum atomic E-state index is -0.601. The zero-order chi connectivity index (χ0) is 20.5. The Morgan fingerprint density at radius 1 is 1.21 bits per heavy atom. The van der Waals surface area contributed by atoms with Crippen LogP contribution >= 0.6 is 11.6 Å². The molecule has 2 aromatic carbocycles. The number of aryl methyl sites for hydroxylation is 1. The number of amides is 2. The maximum Gasteiger partial charge on any atom is 0.229 e. The number of nitrogens with zero attached hydrogens (tertiary/aromatic N) is 5. The minimum Gasteiger partial charge on any atom is -0.323 e. The van der Waals surface area contributed by atoms with E-state index in [-0.39, 0.29) is 24.6 Å². The number of aromatic nitrogens is 4. The van der Waals surface area contributed by atoms with Crippen LogP contribution in [0.1, 0.15) is 12.2 Å². The van der Waals surface area contributed by atoms with E-state index >= 15 is 0 Å². The van der Waals surface area contributed by atoms with Crippen LogP contribution in [0.4, 0.5) is 15.8 Å². The van der Waals surface area contributed by atoms with Gasteiger partial charge in [0, 0.05) is 23.7 Å². The molecule has 4 rings (SSSR count). The molecule has 1 aliphatic heterocycles. The molecule has 2 heterocycles. The third-order valence-corrected chi connectivity index (χ3v) is 4.96. The lowest BCUT2D eigenvalue weighted by atomic mass is 10.1. The van der Waals surface area contributed by atoms with Gasteiger partial charge in [0.05, 0.1) is 17.3 Å². The summed E-state index contributed by atoms with van der Waals surface area (Å²) in [5, 5.41) is 14.3. The van der Waals surface area contributed by atoms with Gasteiger partial charge in [-0.1, -0.05) is 11.6 Å². The van der Waals surface area contributed by atoms with Crippen molar-refractivity contribution in [1.82, 2.24) is 20.2 Å². The van der Waals surface area contributed by atoms with Crippen LogP contribution in [-0.2, 0) is 9.59 Å². The molecule has 0 radical (unpaired) electrons. The quantitative estimate of drug-likeness (QED) is 0.708. The van der Waals surface area contributed by atoms with Gasteiger partial charge in [-0.05, 0) is 59.8 Å². The number of hydrogen-bond donors (Lipinski definition) is 1. The lowest BCUT2D eigenvalue weighted by molar-refractivity contribution is -0.122. The topological polar surface area (TPSA) is 93.0 Å². The second-order valence-corrected chi connectivity index (χ2v) is 7.11. The summed E-state index contributed by atoms with van der Waals surface area (Å²) < 4.78 is 15.7. The second-order valence-electron chi connectivity index (χ2n) is 6.67. The van der Waals surface area contributed by atoms with Gasteiger partial charge in [-0.25, -0.2) is 4.39 Å². The summed E-state index contributed by atoms with van der Waals surface area (Å²) in [5.41, 5.74) is 1.17. The fourth-order valence-electron chi connectivity index (χ4n) is 3.20. The molecule has 0 bridgehead atoms. The summed E-state index contributed by atoms with van der Waals surface area (Å²) in [5.74, 6) is -1.28. The van der Waals surface area contributed by atoms with Crippen molar-refractivity contribution < 1.29 is 14.0 Å². The van der Waals surface area contributed by atoms with Gasteiger partial charge < -0.3 is 10.2 Å². The zero-order valence-electron chi connectivity index (χ0n) is 15.3. The molecule has 1 aliphatic rings. The molecule has 1 N–H and O–H groups in total. The fourth-order valence-corrected chi connectivity index (χ4v) is 3.33. The number of rotatable bonds is 4. The summed E-state index contributed by atoms with van der Waals surface area (Å²) >= 11 is 5.88. The Bertz CT molecular complexity index is 1080. The van der Waals surface area contributed by atoms with E-state index in [1.807, 2.05) is 0 Å². The van der Waals surface area contributed by atoms with E-state index in [1.165, 1.54) is 27.8 Å². The molecule has 0 aliphatic carbocycles. The van der Waals surface area contributed by atoms with Crippen LogP contribution in [0.3, 0.4) is 0 Å². The first-order chi connectivity index (χ1) is 13.9. The molecule has 3 aromatic rings. The van der Waals surface area contributed by atoms with Gasteiger partial charge >= 0.3 is 0 Å². The van der Waals surface area contributed by atoms with Gasteiger partial charge in [0.2, 0.25) is 11.8 Å². The first-order valence-electron chi connectivity index (χ1n) is 8.84. The van der Waals surface area contributed by atoms with Crippen molar-refractivity contribution in [1.29, 1.82) is 0 Å². The number of nitrogens with one attached hydrogen (secondary N) is 1. The number of halogens is 2. The number of tetrazole rings is 1. The average Bonchev–Trinajstić information content (AvgIpc) is 3.30. The third-order valence-electron chi connectivity index (χ3n) is 4.71. The second kappa shape index (κ2) is 7.59. The summed E-state index contributed by atoms with van der Waals surface area (Å²) in [6, 6.07) is 11.0. The highest BCUT2D eigenvalue weighted by molar-refractivity contribution is 6.30. The smallest absolute Gasteiger partial charge is 0.229 e. The summed E-state index contributed by atoms with van der Waals surface area (Å²) in [6.07, 6.45) is 0.0435. The van der Waals surface area contributed by atoms with Gasteiger partial charge in [0.15, 0.2) is 5.82 Å². The lowest BCUT2D eigenvalue weighted by Crippen LogP contribution is -2.28. The van der Waals surface area contributed by atoms with Crippen molar-refractivity contribution in [3.8, 4) is 5.69 Å². The summed E-state index contributed by atoms with van der Waals surface area (Å²) in [4.78, 5) is 26.6. The Morgan fingerprint density at radius 3 is 2.62 bits per heavy atom. The van der Waals surface area contributed by atoms with Gasteiger partial charge in [-0.2, -0.15) is 4.68 Å². The van der Waals surface area contributed by atoms with Gasteiger partial charge in [0.25, 0.3) is 0 Å². The van der Waals surface area contributed by atoms with Crippen molar-refractivity contribution in [2.45, 2.75) is 13.3 Å². The van der Waals surface area contributed by atoms with Crippen molar-refractivity contribution in [2.24, 2.45) is 5.92 Å². The highest BCUT2D eigenvalue weighted by Gasteiger charge is 2.35. The normalized spacial score (nSPS) is 16.3. The van der Waals surface area contributed by atoms with Gasteiger partial charge in [0.1, 0.15) is 5.82 Å². The number of carbonyl (C=O) groups excluding carboxylic acids is 2.